The van der Waals surface area contributed by atoms with Crippen LogP contribution in [0.25, 0.3) is 0 Å². The molecule has 1 amide bonds. The first kappa shape index (κ1) is 13.0. The predicted molar refractivity (Wildman–Crippen MR) is 68.6 cm³/mol. The largest absolute Gasteiger partial charge is 0.344 e. The summed E-state index contributed by atoms with van der Waals surface area (Å²) in [7, 11) is 0. The summed E-state index contributed by atoms with van der Waals surface area (Å²) in [5.41, 5.74) is 0. The second-order valence-corrected chi connectivity index (χ2v) is 4.99. The van der Waals surface area contributed by atoms with E-state index in [1.807, 2.05) is 19.1 Å². The number of hydrogen-bond donors (Lipinski definition) is 1. The summed E-state index contributed by atoms with van der Waals surface area (Å²) >= 11 is 7.24. The normalized spacial score (nSPS) is 11.6. The first-order chi connectivity index (χ1) is 7.63. The van der Waals surface area contributed by atoms with E-state index in [1.165, 1.54) is 11.8 Å². The van der Waals surface area contributed by atoms with Crippen LogP contribution in [-0.4, -0.2) is 17.7 Å². The Morgan fingerprint density at radius 3 is 2.75 bits per heavy atom. The van der Waals surface area contributed by atoms with E-state index in [-0.39, 0.29) is 17.7 Å². The summed E-state index contributed by atoms with van der Waals surface area (Å²) < 4.78 is 0. The van der Waals surface area contributed by atoms with Crippen molar-refractivity contribution in [3.63, 3.8) is 0 Å². The van der Waals surface area contributed by atoms with Crippen LogP contribution < -0.4 is 5.32 Å². The van der Waals surface area contributed by atoms with Crippen LogP contribution in [-0.2, 0) is 4.79 Å². The minimum Gasteiger partial charge on any atom is -0.344 e. The molecule has 0 spiro atoms. The fraction of sp³-hybridized carbons (Fsp3) is 0.250. The standard InChI is InChI=1S/C12H12ClNOS/c1-3-8-14-12(15)9(2)16-11-6-4-10(13)5-7-11/h1,4-7,9H,8H2,2H3,(H,14,15)/t9-/m1/s1. The highest BCUT2D eigenvalue weighted by molar-refractivity contribution is 8.00. The lowest BCUT2D eigenvalue weighted by Crippen LogP contribution is -2.30. The molecule has 16 heavy (non-hydrogen) atoms. The van der Waals surface area contributed by atoms with Gasteiger partial charge in [0.25, 0.3) is 0 Å². The highest BCUT2D eigenvalue weighted by Gasteiger charge is 2.13. The van der Waals surface area contributed by atoms with E-state index in [0.717, 1.165) is 4.90 Å². The van der Waals surface area contributed by atoms with E-state index in [1.54, 1.807) is 12.1 Å². The molecule has 0 heterocycles. The van der Waals surface area contributed by atoms with Crippen LogP contribution >= 0.6 is 23.4 Å². The summed E-state index contributed by atoms with van der Waals surface area (Å²) in [6.07, 6.45) is 5.06. The zero-order valence-electron chi connectivity index (χ0n) is 8.87. The molecule has 4 heteroatoms. The molecule has 1 rings (SSSR count). The van der Waals surface area contributed by atoms with Gasteiger partial charge in [0.15, 0.2) is 0 Å². The van der Waals surface area contributed by atoms with Crippen LogP contribution in [0.5, 0.6) is 0 Å². The lowest BCUT2D eigenvalue weighted by molar-refractivity contribution is -0.120. The lowest BCUT2D eigenvalue weighted by atomic mass is 10.4. The van der Waals surface area contributed by atoms with Crippen LogP contribution in [0.3, 0.4) is 0 Å². The van der Waals surface area contributed by atoms with E-state index in [2.05, 4.69) is 11.2 Å². The Morgan fingerprint density at radius 2 is 2.19 bits per heavy atom. The van der Waals surface area contributed by atoms with Crippen LogP contribution in [0.1, 0.15) is 6.92 Å². The van der Waals surface area contributed by atoms with E-state index >= 15 is 0 Å². The van der Waals surface area contributed by atoms with Crippen molar-refractivity contribution >= 4 is 29.3 Å². The van der Waals surface area contributed by atoms with E-state index in [0.29, 0.717) is 5.02 Å². The maximum absolute atomic E-state index is 11.5. The molecule has 0 aliphatic rings. The number of thioether (sulfide) groups is 1. The van der Waals surface area contributed by atoms with Gasteiger partial charge in [-0.15, -0.1) is 18.2 Å². The first-order valence-corrected chi connectivity index (χ1v) is 6.02. The summed E-state index contributed by atoms with van der Waals surface area (Å²) in [6, 6.07) is 7.38. The molecule has 1 aromatic carbocycles. The van der Waals surface area contributed by atoms with Crippen molar-refractivity contribution < 1.29 is 4.79 Å². The smallest absolute Gasteiger partial charge is 0.233 e. The van der Waals surface area contributed by atoms with E-state index in [4.69, 9.17) is 18.0 Å². The average Bonchev–Trinajstić information content (AvgIpc) is 2.29. The Bertz CT molecular complexity index is 396. The molecule has 84 valence electrons. The Hall–Kier alpha value is -1.11. The summed E-state index contributed by atoms with van der Waals surface area (Å²) in [6.45, 7) is 2.11. The number of carbonyl (C=O) groups excluding carboxylic acids is 1. The number of hydrogen-bond acceptors (Lipinski definition) is 2. The number of nitrogens with one attached hydrogen (secondary N) is 1. The van der Waals surface area contributed by atoms with Gasteiger partial charge in [-0.05, 0) is 31.2 Å². The van der Waals surface area contributed by atoms with E-state index < -0.39 is 0 Å². The van der Waals surface area contributed by atoms with Gasteiger partial charge in [-0.2, -0.15) is 0 Å². The van der Waals surface area contributed by atoms with Gasteiger partial charge in [-0.25, -0.2) is 0 Å². The van der Waals surface area contributed by atoms with Crippen molar-refractivity contribution in [1.82, 2.24) is 5.32 Å². The number of carbonyl (C=O) groups is 1. The van der Waals surface area contributed by atoms with Crippen molar-refractivity contribution in [3.8, 4) is 12.3 Å². The van der Waals surface area contributed by atoms with Gasteiger partial charge in [-0.3, -0.25) is 4.79 Å². The Kier molecular flexibility index (Phi) is 5.24. The third-order valence-corrected chi connectivity index (χ3v) is 3.22. The SMILES string of the molecule is C#CCNC(=O)[C@@H](C)Sc1ccc(Cl)cc1. The van der Waals surface area contributed by atoms with Crippen molar-refractivity contribution in [3.05, 3.63) is 29.3 Å². The molecule has 1 aromatic rings. The van der Waals surface area contributed by atoms with Gasteiger partial charge in [-0.1, -0.05) is 17.5 Å². The fourth-order valence-electron chi connectivity index (χ4n) is 1.05. The van der Waals surface area contributed by atoms with Crippen molar-refractivity contribution in [2.75, 3.05) is 6.54 Å². The molecule has 0 fully saturated rings. The first-order valence-electron chi connectivity index (χ1n) is 4.77. The highest BCUT2D eigenvalue weighted by Crippen LogP contribution is 2.24. The van der Waals surface area contributed by atoms with Gasteiger partial charge in [0.1, 0.15) is 0 Å². The molecule has 0 radical (unpaired) electrons. The minimum absolute atomic E-state index is 0.0575. The minimum atomic E-state index is -0.172. The van der Waals surface area contributed by atoms with Crippen LogP contribution in [0, 0.1) is 12.3 Å². The molecular formula is C12H12ClNOS. The number of amides is 1. The van der Waals surface area contributed by atoms with Crippen molar-refractivity contribution in [2.45, 2.75) is 17.1 Å². The zero-order chi connectivity index (χ0) is 12.0. The van der Waals surface area contributed by atoms with Crippen molar-refractivity contribution in [1.29, 1.82) is 0 Å². The second kappa shape index (κ2) is 6.47. The topological polar surface area (TPSA) is 29.1 Å². The lowest BCUT2D eigenvalue weighted by Gasteiger charge is -2.10. The summed E-state index contributed by atoms with van der Waals surface area (Å²) in [5, 5.41) is 3.16. The monoisotopic (exact) mass is 253 g/mol. The maximum Gasteiger partial charge on any atom is 0.233 e. The van der Waals surface area contributed by atoms with Gasteiger partial charge in [0, 0.05) is 9.92 Å². The number of terminal acetylenes is 1. The van der Waals surface area contributed by atoms with Gasteiger partial charge in [0.05, 0.1) is 11.8 Å². The quantitative estimate of drug-likeness (QED) is 0.660. The van der Waals surface area contributed by atoms with Crippen molar-refractivity contribution in [2.24, 2.45) is 0 Å². The molecule has 0 aliphatic carbocycles. The van der Waals surface area contributed by atoms with Gasteiger partial charge < -0.3 is 5.32 Å². The fourth-order valence-corrected chi connectivity index (χ4v) is 2.07. The predicted octanol–water partition coefficient (Wildman–Crippen LogP) is 2.57. The number of halogens is 1. The maximum atomic E-state index is 11.5. The zero-order valence-corrected chi connectivity index (χ0v) is 10.4. The second-order valence-electron chi connectivity index (χ2n) is 3.14. The molecule has 0 saturated heterocycles. The summed E-state index contributed by atoms with van der Waals surface area (Å²) in [4.78, 5) is 12.5. The highest BCUT2D eigenvalue weighted by atomic mass is 35.5. The average molecular weight is 254 g/mol. The molecule has 0 saturated carbocycles. The number of rotatable bonds is 4. The molecule has 0 unspecified atom stereocenters. The molecular weight excluding hydrogens is 242 g/mol. The van der Waals surface area contributed by atoms with Crippen LogP contribution in [0.4, 0.5) is 0 Å². The molecule has 0 bridgehead atoms. The van der Waals surface area contributed by atoms with Gasteiger partial charge in [0.2, 0.25) is 5.91 Å². The van der Waals surface area contributed by atoms with Crippen LogP contribution in [0.2, 0.25) is 5.02 Å². The Balaban J connectivity index is 2.51. The Labute approximate surface area is 105 Å². The molecule has 0 aliphatic heterocycles. The third kappa shape index (κ3) is 4.18. The van der Waals surface area contributed by atoms with Crippen LogP contribution in [0.15, 0.2) is 29.2 Å². The summed E-state index contributed by atoms with van der Waals surface area (Å²) in [5.74, 6) is 2.31. The molecule has 0 aromatic heterocycles. The Morgan fingerprint density at radius 1 is 1.56 bits per heavy atom. The van der Waals surface area contributed by atoms with Gasteiger partial charge >= 0.3 is 0 Å². The third-order valence-electron chi connectivity index (χ3n) is 1.86. The van der Waals surface area contributed by atoms with E-state index in [9.17, 15) is 4.79 Å². The molecule has 2 nitrogen and oxygen atoms in total. The molecule has 1 N–H and O–H groups in total. The molecule has 1 atom stereocenters. The number of benzene rings is 1.